The Morgan fingerprint density at radius 1 is 1.21 bits per heavy atom. The van der Waals surface area contributed by atoms with Gasteiger partial charge in [-0.1, -0.05) is 19.1 Å². The third-order valence-corrected chi connectivity index (χ3v) is 4.58. The first-order chi connectivity index (χ1) is 11.6. The topological polar surface area (TPSA) is 46.5 Å². The van der Waals surface area contributed by atoms with Crippen molar-refractivity contribution in [2.45, 2.75) is 45.1 Å². The molecule has 24 heavy (non-hydrogen) atoms. The van der Waals surface area contributed by atoms with E-state index in [1.807, 2.05) is 13.0 Å². The van der Waals surface area contributed by atoms with Crippen LogP contribution in [0.4, 0.5) is 4.39 Å². The molecule has 1 saturated carbocycles. The zero-order valence-corrected chi connectivity index (χ0v) is 13.7. The van der Waals surface area contributed by atoms with Crippen molar-refractivity contribution in [3.05, 3.63) is 53.3 Å². The first-order valence-corrected chi connectivity index (χ1v) is 8.42. The number of hydrogen-bond donors (Lipinski definition) is 1. The quantitative estimate of drug-likeness (QED) is 0.833. The van der Waals surface area contributed by atoms with Gasteiger partial charge in [-0.05, 0) is 67.5 Å². The summed E-state index contributed by atoms with van der Waals surface area (Å²) >= 11 is 0. The van der Waals surface area contributed by atoms with E-state index in [-0.39, 0.29) is 17.5 Å². The molecule has 0 atom stereocenters. The predicted molar refractivity (Wildman–Crippen MR) is 91.1 cm³/mol. The van der Waals surface area contributed by atoms with Gasteiger partial charge in [0, 0.05) is 5.56 Å². The molecule has 0 aliphatic heterocycles. The van der Waals surface area contributed by atoms with Gasteiger partial charge < -0.3 is 9.84 Å². The molecule has 0 bridgehead atoms. The summed E-state index contributed by atoms with van der Waals surface area (Å²) in [5, 5.41) is 9.30. The second-order valence-corrected chi connectivity index (χ2v) is 6.16. The molecule has 1 fully saturated rings. The molecule has 1 aliphatic rings. The second kappa shape index (κ2) is 7.04. The summed E-state index contributed by atoms with van der Waals surface area (Å²) in [6.45, 7) is 1.89. The first-order valence-electron chi connectivity index (χ1n) is 8.42. The average Bonchev–Trinajstić information content (AvgIpc) is 3.08. The van der Waals surface area contributed by atoms with E-state index in [0.717, 1.165) is 25.7 Å². The number of halogens is 1. The Morgan fingerprint density at radius 2 is 1.96 bits per heavy atom. The fourth-order valence-electron chi connectivity index (χ4n) is 3.33. The van der Waals surface area contributed by atoms with E-state index < -0.39 is 5.97 Å². The minimum atomic E-state index is -1.00. The molecule has 4 heteroatoms. The van der Waals surface area contributed by atoms with Crippen LogP contribution in [0.25, 0.3) is 11.1 Å². The van der Waals surface area contributed by atoms with Crippen LogP contribution in [0.15, 0.2) is 36.4 Å². The van der Waals surface area contributed by atoms with Gasteiger partial charge in [0.2, 0.25) is 0 Å². The Hall–Kier alpha value is -2.36. The average molecular weight is 328 g/mol. The highest BCUT2D eigenvalue weighted by atomic mass is 19.1. The van der Waals surface area contributed by atoms with Crippen molar-refractivity contribution >= 4 is 5.97 Å². The van der Waals surface area contributed by atoms with Crippen LogP contribution in [0, 0.1) is 5.82 Å². The fraction of sp³-hybridized carbons (Fsp3) is 0.350. The lowest BCUT2D eigenvalue weighted by Gasteiger charge is -2.19. The summed E-state index contributed by atoms with van der Waals surface area (Å²) in [7, 11) is 0. The van der Waals surface area contributed by atoms with Crippen molar-refractivity contribution in [2.24, 2.45) is 0 Å². The lowest BCUT2D eigenvalue weighted by molar-refractivity contribution is 0.0697. The summed E-state index contributed by atoms with van der Waals surface area (Å²) in [6, 6.07) is 9.73. The number of carboxylic acids is 1. The van der Waals surface area contributed by atoms with Crippen LogP contribution in [0.1, 0.15) is 48.5 Å². The van der Waals surface area contributed by atoms with Crippen molar-refractivity contribution in [3.63, 3.8) is 0 Å². The van der Waals surface area contributed by atoms with Crippen LogP contribution >= 0.6 is 0 Å². The summed E-state index contributed by atoms with van der Waals surface area (Å²) in [4.78, 5) is 11.3. The molecule has 1 aliphatic carbocycles. The fourth-order valence-corrected chi connectivity index (χ4v) is 3.33. The Labute approximate surface area is 141 Å². The highest BCUT2D eigenvalue weighted by molar-refractivity contribution is 5.90. The summed E-state index contributed by atoms with van der Waals surface area (Å²) in [5.74, 6) is -0.645. The molecule has 2 aromatic carbocycles. The highest BCUT2D eigenvalue weighted by Gasteiger charge is 2.21. The van der Waals surface area contributed by atoms with E-state index in [9.17, 15) is 14.3 Å². The van der Waals surface area contributed by atoms with Crippen LogP contribution in [0.3, 0.4) is 0 Å². The number of carboxylic acid groups (broad SMARTS) is 1. The van der Waals surface area contributed by atoms with Crippen molar-refractivity contribution in [1.29, 1.82) is 0 Å². The molecule has 2 aromatic rings. The Balaban J connectivity index is 2.10. The zero-order valence-electron chi connectivity index (χ0n) is 13.7. The van der Waals surface area contributed by atoms with Crippen molar-refractivity contribution in [2.75, 3.05) is 0 Å². The first kappa shape index (κ1) is 16.5. The predicted octanol–water partition coefficient (Wildman–Crippen LogP) is 5.07. The van der Waals surface area contributed by atoms with Crippen LogP contribution < -0.4 is 4.74 Å². The van der Waals surface area contributed by atoms with Gasteiger partial charge in [0.05, 0.1) is 11.7 Å². The molecule has 0 aromatic heterocycles. The van der Waals surface area contributed by atoms with E-state index in [4.69, 9.17) is 4.74 Å². The molecule has 0 heterocycles. The molecule has 0 saturated heterocycles. The summed E-state index contributed by atoms with van der Waals surface area (Å²) in [6.07, 6.45) is 4.98. The molecular formula is C20H21FO3. The number of ether oxygens (including phenoxy) is 1. The van der Waals surface area contributed by atoms with Gasteiger partial charge in [-0.2, -0.15) is 0 Å². The molecule has 0 amide bonds. The minimum Gasteiger partial charge on any atom is -0.490 e. The molecule has 126 valence electrons. The van der Waals surface area contributed by atoms with Crippen LogP contribution in [0.2, 0.25) is 0 Å². The number of benzene rings is 2. The number of aromatic carboxylic acids is 1. The van der Waals surface area contributed by atoms with Crippen LogP contribution in [-0.2, 0) is 6.42 Å². The van der Waals surface area contributed by atoms with Gasteiger partial charge in [0.15, 0.2) is 0 Å². The highest BCUT2D eigenvalue weighted by Crippen LogP contribution is 2.36. The Bertz CT molecular complexity index is 749. The maximum Gasteiger partial charge on any atom is 0.335 e. The van der Waals surface area contributed by atoms with Crippen LogP contribution in [0.5, 0.6) is 5.75 Å². The molecule has 0 spiro atoms. The molecule has 0 radical (unpaired) electrons. The van der Waals surface area contributed by atoms with E-state index in [1.54, 1.807) is 24.3 Å². The maximum atomic E-state index is 14.2. The van der Waals surface area contributed by atoms with Crippen molar-refractivity contribution in [3.8, 4) is 16.9 Å². The molecule has 3 rings (SSSR count). The lowest BCUT2D eigenvalue weighted by Crippen LogP contribution is -2.12. The van der Waals surface area contributed by atoms with Gasteiger partial charge in [0.1, 0.15) is 11.6 Å². The minimum absolute atomic E-state index is 0.151. The van der Waals surface area contributed by atoms with Gasteiger partial charge >= 0.3 is 5.97 Å². The standard InChI is InChI=1S/C20H21FO3/c1-2-15-16(8-5-9-18(15)21)17-12-13(20(22)23)10-11-19(17)24-14-6-3-4-7-14/h5,8-12,14H,2-4,6-7H2,1H3,(H,22,23). The van der Waals surface area contributed by atoms with Crippen LogP contribution in [-0.4, -0.2) is 17.2 Å². The van der Waals surface area contributed by atoms with Gasteiger partial charge in [-0.3, -0.25) is 0 Å². The largest absolute Gasteiger partial charge is 0.490 e. The summed E-state index contributed by atoms with van der Waals surface area (Å²) in [5.41, 5.74) is 2.11. The number of rotatable bonds is 5. The van der Waals surface area contributed by atoms with E-state index >= 15 is 0 Å². The third-order valence-electron chi connectivity index (χ3n) is 4.58. The van der Waals surface area contributed by atoms with Crippen molar-refractivity contribution < 1.29 is 19.0 Å². The SMILES string of the molecule is CCc1c(F)cccc1-c1cc(C(=O)O)ccc1OC1CCCC1. The monoisotopic (exact) mass is 328 g/mol. The molecular weight excluding hydrogens is 307 g/mol. The smallest absolute Gasteiger partial charge is 0.335 e. The van der Waals surface area contributed by atoms with Gasteiger partial charge in [0.25, 0.3) is 0 Å². The van der Waals surface area contributed by atoms with E-state index in [2.05, 4.69) is 0 Å². The summed E-state index contributed by atoms with van der Waals surface area (Å²) < 4.78 is 20.3. The van der Waals surface area contributed by atoms with Gasteiger partial charge in [-0.15, -0.1) is 0 Å². The maximum absolute atomic E-state index is 14.2. The van der Waals surface area contributed by atoms with Crippen molar-refractivity contribution in [1.82, 2.24) is 0 Å². The zero-order chi connectivity index (χ0) is 17.1. The third kappa shape index (κ3) is 3.28. The Kier molecular flexibility index (Phi) is 4.84. The normalized spacial score (nSPS) is 14.8. The van der Waals surface area contributed by atoms with Gasteiger partial charge in [-0.25, -0.2) is 9.18 Å². The molecule has 1 N–H and O–H groups in total. The number of hydrogen-bond acceptors (Lipinski definition) is 2. The lowest BCUT2D eigenvalue weighted by atomic mass is 9.95. The number of carbonyl (C=O) groups is 1. The van der Waals surface area contributed by atoms with E-state index in [0.29, 0.717) is 28.9 Å². The molecule has 0 unspecified atom stereocenters. The van der Waals surface area contributed by atoms with E-state index in [1.165, 1.54) is 6.07 Å². The Morgan fingerprint density at radius 3 is 2.62 bits per heavy atom. The molecule has 3 nitrogen and oxygen atoms in total. The second-order valence-electron chi connectivity index (χ2n) is 6.16.